The minimum atomic E-state index is -0.754. The van der Waals surface area contributed by atoms with Gasteiger partial charge in [-0.25, -0.2) is 0 Å². The van der Waals surface area contributed by atoms with E-state index >= 15 is 0 Å². The molecule has 1 atom stereocenters. The van der Waals surface area contributed by atoms with Gasteiger partial charge in [0.1, 0.15) is 0 Å². The van der Waals surface area contributed by atoms with Gasteiger partial charge in [0.2, 0.25) is 0 Å². The van der Waals surface area contributed by atoms with E-state index in [1.165, 1.54) is 0 Å². The van der Waals surface area contributed by atoms with Crippen LogP contribution < -0.4 is 5.32 Å². The van der Waals surface area contributed by atoms with Crippen LogP contribution in [0.15, 0.2) is 28.9 Å². The standard InChI is InChI=1S/C10H12N2O3/c13-6-9(14)5-11-8-2-1-7-4-12-15-10(7)3-8/h1-4,9,11,13-14H,5-6H2. The van der Waals surface area contributed by atoms with E-state index in [4.69, 9.17) is 14.7 Å². The highest BCUT2D eigenvalue weighted by molar-refractivity contribution is 5.79. The molecule has 0 amide bonds. The topological polar surface area (TPSA) is 78.5 Å². The third-order valence-corrected chi connectivity index (χ3v) is 2.11. The second-order valence-corrected chi connectivity index (χ2v) is 3.30. The SMILES string of the molecule is OCC(O)CNc1ccc2cnoc2c1. The lowest BCUT2D eigenvalue weighted by atomic mass is 10.2. The largest absolute Gasteiger partial charge is 0.394 e. The van der Waals surface area contributed by atoms with Crippen LogP contribution in [0.25, 0.3) is 11.0 Å². The number of anilines is 1. The van der Waals surface area contributed by atoms with Crippen molar-refractivity contribution in [2.45, 2.75) is 6.10 Å². The summed E-state index contributed by atoms with van der Waals surface area (Å²) in [7, 11) is 0. The number of rotatable bonds is 4. The maximum Gasteiger partial charge on any atom is 0.168 e. The van der Waals surface area contributed by atoms with E-state index in [9.17, 15) is 0 Å². The second-order valence-electron chi connectivity index (χ2n) is 3.30. The molecule has 0 saturated heterocycles. The highest BCUT2D eigenvalue weighted by Gasteiger charge is 2.03. The predicted octanol–water partition coefficient (Wildman–Crippen LogP) is 0.593. The molecular formula is C10H12N2O3. The quantitative estimate of drug-likeness (QED) is 0.685. The average molecular weight is 208 g/mol. The van der Waals surface area contributed by atoms with Gasteiger partial charge in [0, 0.05) is 23.7 Å². The molecule has 0 aliphatic heterocycles. The number of nitrogens with zero attached hydrogens (tertiary/aromatic N) is 1. The van der Waals surface area contributed by atoms with Crippen molar-refractivity contribution in [2.75, 3.05) is 18.5 Å². The molecule has 0 aliphatic carbocycles. The van der Waals surface area contributed by atoms with Crippen LogP contribution in [0.4, 0.5) is 5.69 Å². The van der Waals surface area contributed by atoms with Crippen LogP contribution in [0.3, 0.4) is 0 Å². The van der Waals surface area contributed by atoms with Gasteiger partial charge in [-0.2, -0.15) is 0 Å². The summed E-state index contributed by atoms with van der Waals surface area (Å²) in [6, 6.07) is 5.54. The van der Waals surface area contributed by atoms with Crippen LogP contribution in [0.1, 0.15) is 0 Å². The smallest absolute Gasteiger partial charge is 0.168 e. The molecule has 0 bridgehead atoms. The second kappa shape index (κ2) is 4.29. The fourth-order valence-corrected chi connectivity index (χ4v) is 1.27. The monoisotopic (exact) mass is 208 g/mol. The van der Waals surface area contributed by atoms with Crippen molar-refractivity contribution in [3.8, 4) is 0 Å². The maximum atomic E-state index is 9.14. The normalized spacial score (nSPS) is 12.9. The van der Waals surface area contributed by atoms with Gasteiger partial charge < -0.3 is 20.1 Å². The van der Waals surface area contributed by atoms with Crippen molar-refractivity contribution in [3.05, 3.63) is 24.4 Å². The van der Waals surface area contributed by atoms with Crippen LogP contribution in [-0.2, 0) is 0 Å². The minimum absolute atomic E-state index is 0.252. The Morgan fingerprint density at radius 1 is 1.47 bits per heavy atom. The molecule has 0 fully saturated rings. The Hall–Kier alpha value is -1.59. The molecule has 1 aromatic carbocycles. The first kappa shape index (κ1) is 9.95. The van der Waals surface area contributed by atoms with E-state index < -0.39 is 6.10 Å². The number of benzene rings is 1. The first-order valence-electron chi connectivity index (χ1n) is 4.67. The molecule has 5 heteroatoms. The summed E-state index contributed by atoms with van der Waals surface area (Å²) >= 11 is 0. The van der Waals surface area contributed by atoms with Crippen LogP contribution in [0.5, 0.6) is 0 Å². The van der Waals surface area contributed by atoms with Crippen molar-refractivity contribution in [1.82, 2.24) is 5.16 Å². The first-order valence-corrected chi connectivity index (χ1v) is 4.67. The molecule has 80 valence electrons. The predicted molar refractivity (Wildman–Crippen MR) is 55.6 cm³/mol. The van der Waals surface area contributed by atoms with E-state index in [2.05, 4.69) is 10.5 Å². The molecule has 3 N–H and O–H groups in total. The summed E-state index contributed by atoms with van der Waals surface area (Å²) in [6.07, 6.45) is 0.886. The third kappa shape index (κ3) is 2.26. The Bertz CT molecular complexity index is 441. The number of fused-ring (bicyclic) bond motifs is 1. The molecule has 15 heavy (non-hydrogen) atoms. The highest BCUT2D eigenvalue weighted by atomic mass is 16.5. The van der Waals surface area contributed by atoms with E-state index in [-0.39, 0.29) is 6.61 Å². The van der Waals surface area contributed by atoms with Crippen molar-refractivity contribution in [1.29, 1.82) is 0 Å². The summed E-state index contributed by atoms with van der Waals surface area (Å²) in [5.41, 5.74) is 1.52. The lowest BCUT2D eigenvalue weighted by Gasteiger charge is -2.09. The molecule has 0 radical (unpaired) electrons. The van der Waals surface area contributed by atoms with Crippen LogP contribution >= 0.6 is 0 Å². The fraction of sp³-hybridized carbons (Fsp3) is 0.300. The summed E-state index contributed by atoms with van der Waals surface area (Å²) in [4.78, 5) is 0. The average Bonchev–Trinajstić information content (AvgIpc) is 2.72. The molecule has 0 spiro atoms. The fourth-order valence-electron chi connectivity index (χ4n) is 1.27. The summed E-state index contributed by atoms with van der Waals surface area (Å²) in [5, 5.41) is 25.4. The van der Waals surface area contributed by atoms with E-state index in [0.29, 0.717) is 12.1 Å². The summed E-state index contributed by atoms with van der Waals surface area (Å²) in [5.74, 6) is 0. The van der Waals surface area contributed by atoms with E-state index in [1.54, 1.807) is 12.3 Å². The summed E-state index contributed by atoms with van der Waals surface area (Å²) in [6.45, 7) is 0.0493. The van der Waals surface area contributed by atoms with Gasteiger partial charge in [0.25, 0.3) is 0 Å². The van der Waals surface area contributed by atoms with E-state index in [0.717, 1.165) is 11.1 Å². The number of aliphatic hydroxyl groups excluding tert-OH is 2. The Balaban J connectivity index is 2.08. The van der Waals surface area contributed by atoms with Gasteiger partial charge in [0.05, 0.1) is 18.9 Å². The Labute approximate surface area is 86.3 Å². The summed E-state index contributed by atoms with van der Waals surface area (Å²) < 4.78 is 4.99. The molecular weight excluding hydrogens is 196 g/mol. The molecule has 2 aromatic rings. The van der Waals surface area contributed by atoms with Crippen molar-refractivity contribution < 1.29 is 14.7 Å². The zero-order valence-electron chi connectivity index (χ0n) is 8.05. The maximum absolute atomic E-state index is 9.14. The van der Waals surface area contributed by atoms with E-state index in [1.807, 2.05) is 12.1 Å². The zero-order valence-corrected chi connectivity index (χ0v) is 8.05. The van der Waals surface area contributed by atoms with Crippen molar-refractivity contribution >= 4 is 16.7 Å². The number of hydrogen-bond donors (Lipinski definition) is 3. The zero-order chi connectivity index (χ0) is 10.7. The molecule has 2 rings (SSSR count). The Morgan fingerprint density at radius 2 is 2.33 bits per heavy atom. The molecule has 0 aliphatic rings. The van der Waals surface area contributed by atoms with Gasteiger partial charge in [-0.1, -0.05) is 5.16 Å². The molecule has 1 unspecified atom stereocenters. The van der Waals surface area contributed by atoms with Crippen molar-refractivity contribution in [2.24, 2.45) is 0 Å². The number of aromatic nitrogens is 1. The van der Waals surface area contributed by atoms with Crippen LogP contribution in [-0.4, -0.2) is 34.6 Å². The molecule has 1 heterocycles. The van der Waals surface area contributed by atoms with Gasteiger partial charge in [0.15, 0.2) is 5.58 Å². The first-order chi connectivity index (χ1) is 7.29. The lowest BCUT2D eigenvalue weighted by Crippen LogP contribution is -2.22. The Morgan fingerprint density at radius 3 is 3.13 bits per heavy atom. The number of nitrogens with one attached hydrogen (secondary N) is 1. The van der Waals surface area contributed by atoms with Gasteiger partial charge in [-0.05, 0) is 12.1 Å². The van der Waals surface area contributed by atoms with Crippen molar-refractivity contribution in [3.63, 3.8) is 0 Å². The van der Waals surface area contributed by atoms with Gasteiger partial charge in [-0.15, -0.1) is 0 Å². The molecule has 5 nitrogen and oxygen atoms in total. The minimum Gasteiger partial charge on any atom is -0.394 e. The third-order valence-electron chi connectivity index (χ3n) is 2.11. The van der Waals surface area contributed by atoms with Gasteiger partial charge in [-0.3, -0.25) is 0 Å². The van der Waals surface area contributed by atoms with Crippen LogP contribution in [0, 0.1) is 0 Å². The number of hydrogen-bond acceptors (Lipinski definition) is 5. The molecule has 0 saturated carbocycles. The van der Waals surface area contributed by atoms with Gasteiger partial charge >= 0.3 is 0 Å². The highest BCUT2D eigenvalue weighted by Crippen LogP contribution is 2.18. The molecule has 1 aromatic heterocycles. The Kier molecular flexibility index (Phi) is 2.84. The lowest BCUT2D eigenvalue weighted by molar-refractivity contribution is 0.105. The number of aliphatic hydroxyl groups is 2. The van der Waals surface area contributed by atoms with Crippen LogP contribution in [0.2, 0.25) is 0 Å².